The maximum atomic E-state index is 12.9. The van der Waals surface area contributed by atoms with Gasteiger partial charge in [0.2, 0.25) is 5.91 Å². The molecule has 0 spiro atoms. The number of hydrogen-bond donors (Lipinski definition) is 2. The highest BCUT2D eigenvalue weighted by molar-refractivity contribution is 7.45. The summed E-state index contributed by atoms with van der Waals surface area (Å²) in [7, 11) is 1.26. The molecule has 2 N–H and O–H groups in total. The molecule has 0 radical (unpaired) electrons. The molecule has 0 fully saturated rings. The highest BCUT2D eigenvalue weighted by Gasteiger charge is 2.23. The van der Waals surface area contributed by atoms with Crippen LogP contribution in [0.15, 0.2) is 24.3 Å². The molecule has 9 heteroatoms. The summed E-state index contributed by atoms with van der Waals surface area (Å²) >= 11 is 0. The number of nitrogens with zero attached hydrogens (tertiary/aromatic N) is 1. The van der Waals surface area contributed by atoms with Gasteiger partial charge in [-0.2, -0.15) is 0 Å². The molecule has 0 bridgehead atoms. The summed E-state index contributed by atoms with van der Waals surface area (Å²) in [6, 6.07) is -0.888. The van der Waals surface area contributed by atoms with E-state index in [9.17, 15) is 19.4 Å². The lowest BCUT2D eigenvalue weighted by Gasteiger charge is -2.29. The molecule has 0 saturated carbocycles. The fourth-order valence-corrected chi connectivity index (χ4v) is 8.11. The standard InChI is InChI=1S/C50H99N2O6P/c1-6-8-10-12-14-16-18-20-22-23-24-25-26-27-28-30-31-33-35-37-39-41-43-49(53)48(47-58-59(55,56)57-46-45-52(3,4)5)51-50(54)44-42-40-38-36-34-32-29-21-19-17-15-13-11-9-7-2/h21,29,41,43,48-49,53H,6-20,22-28,30-40,42,44-47H2,1-5H3,(H-,51,54,55,56)/b29-21-,43-41+. The zero-order valence-corrected chi connectivity index (χ0v) is 40.6. The Morgan fingerprint density at radius 1 is 0.576 bits per heavy atom. The van der Waals surface area contributed by atoms with Gasteiger partial charge in [0.1, 0.15) is 13.2 Å². The van der Waals surface area contributed by atoms with Crippen LogP contribution in [-0.4, -0.2) is 68.5 Å². The number of hydrogen-bond acceptors (Lipinski definition) is 6. The van der Waals surface area contributed by atoms with Crippen molar-refractivity contribution >= 4 is 13.7 Å². The number of carbonyl (C=O) groups excluding carboxylic acids is 1. The molecule has 0 aromatic carbocycles. The van der Waals surface area contributed by atoms with E-state index in [-0.39, 0.29) is 19.1 Å². The second kappa shape index (κ2) is 42.3. The Bertz CT molecular complexity index is 1020. The summed E-state index contributed by atoms with van der Waals surface area (Å²) < 4.78 is 23.3. The third-order valence-corrected chi connectivity index (χ3v) is 12.4. The predicted molar refractivity (Wildman–Crippen MR) is 252 cm³/mol. The summed E-state index contributed by atoms with van der Waals surface area (Å²) in [6.45, 7) is 4.66. The molecule has 1 amide bonds. The monoisotopic (exact) mass is 855 g/mol. The Labute approximate surface area is 366 Å². The van der Waals surface area contributed by atoms with Crippen LogP contribution in [0.2, 0.25) is 0 Å². The van der Waals surface area contributed by atoms with Crippen LogP contribution >= 0.6 is 7.82 Å². The third-order valence-electron chi connectivity index (χ3n) is 11.4. The zero-order chi connectivity index (χ0) is 43.6. The third kappa shape index (κ3) is 44.8. The fourth-order valence-electron chi connectivity index (χ4n) is 7.38. The van der Waals surface area contributed by atoms with Gasteiger partial charge in [-0.3, -0.25) is 9.36 Å². The Kier molecular flexibility index (Phi) is 41.6. The first-order chi connectivity index (χ1) is 28.5. The van der Waals surface area contributed by atoms with Gasteiger partial charge < -0.3 is 28.8 Å². The molecule has 8 nitrogen and oxygen atoms in total. The molecule has 350 valence electrons. The SMILES string of the molecule is CCCCCCCC/C=C\CCCCCCCC(=O)NC(COP(=O)([O-])OCC[N+](C)(C)C)C(O)/C=C/CCCCCCCCCCCCCCCCCCCCCC. The van der Waals surface area contributed by atoms with E-state index in [1.807, 2.05) is 27.2 Å². The molecule has 0 aliphatic heterocycles. The van der Waals surface area contributed by atoms with Crippen LogP contribution in [0.1, 0.15) is 239 Å². The van der Waals surface area contributed by atoms with Crippen LogP contribution in [-0.2, 0) is 18.4 Å². The molecular weight excluding hydrogens is 756 g/mol. The van der Waals surface area contributed by atoms with Gasteiger partial charge in [-0.05, 0) is 44.9 Å². The first-order valence-corrected chi connectivity index (χ1v) is 26.7. The smallest absolute Gasteiger partial charge is 0.268 e. The average molecular weight is 855 g/mol. The topological polar surface area (TPSA) is 108 Å². The van der Waals surface area contributed by atoms with Crippen molar-refractivity contribution in [1.29, 1.82) is 0 Å². The predicted octanol–water partition coefficient (Wildman–Crippen LogP) is 13.8. The number of aliphatic hydroxyl groups is 1. The molecule has 0 aliphatic rings. The van der Waals surface area contributed by atoms with Crippen LogP contribution in [0.5, 0.6) is 0 Å². The lowest BCUT2D eigenvalue weighted by atomic mass is 10.0. The number of carbonyl (C=O) groups is 1. The number of aliphatic hydroxyl groups excluding tert-OH is 1. The van der Waals surface area contributed by atoms with Crippen molar-refractivity contribution in [2.75, 3.05) is 40.9 Å². The van der Waals surface area contributed by atoms with Gasteiger partial charge in [0.15, 0.2) is 0 Å². The number of amides is 1. The number of nitrogens with one attached hydrogen (secondary N) is 1. The number of allylic oxidation sites excluding steroid dienone is 3. The summed E-state index contributed by atoms with van der Waals surface area (Å²) in [6.07, 6.45) is 50.9. The molecule has 0 aromatic rings. The van der Waals surface area contributed by atoms with Gasteiger partial charge >= 0.3 is 0 Å². The summed E-state index contributed by atoms with van der Waals surface area (Å²) in [5.74, 6) is -0.204. The minimum Gasteiger partial charge on any atom is -0.756 e. The molecule has 0 aliphatic carbocycles. The first-order valence-electron chi connectivity index (χ1n) is 25.2. The highest BCUT2D eigenvalue weighted by atomic mass is 31.2. The Hall–Kier alpha value is -1.02. The van der Waals surface area contributed by atoms with Crippen molar-refractivity contribution in [3.05, 3.63) is 24.3 Å². The molecule has 0 saturated heterocycles. The quantitative estimate of drug-likeness (QED) is 0.0273. The van der Waals surface area contributed by atoms with Crippen LogP contribution in [0.25, 0.3) is 0 Å². The van der Waals surface area contributed by atoms with Gasteiger partial charge in [-0.1, -0.05) is 212 Å². The molecule has 0 aromatic heterocycles. The van der Waals surface area contributed by atoms with Crippen molar-refractivity contribution in [2.24, 2.45) is 0 Å². The van der Waals surface area contributed by atoms with E-state index in [0.29, 0.717) is 17.4 Å². The van der Waals surface area contributed by atoms with Crippen LogP contribution in [0, 0.1) is 0 Å². The maximum absolute atomic E-state index is 12.9. The van der Waals surface area contributed by atoms with Crippen molar-refractivity contribution in [2.45, 2.75) is 251 Å². The average Bonchev–Trinajstić information content (AvgIpc) is 3.19. The molecule has 0 heterocycles. The van der Waals surface area contributed by atoms with E-state index >= 15 is 0 Å². The number of likely N-dealkylation sites (N-methyl/N-ethyl adjacent to an activating group) is 1. The van der Waals surface area contributed by atoms with E-state index in [1.54, 1.807) is 6.08 Å². The normalized spacial score (nSPS) is 14.4. The number of rotatable bonds is 46. The van der Waals surface area contributed by atoms with Crippen molar-refractivity contribution in [1.82, 2.24) is 5.32 Å². The van der Waals surface area contributed by atoms with Gasteiger partial charge in [-0.15, -0.1) is 0 Å². The number of phosphoric ester groups is 1. The molecule has 59 heavy (non-hydrogen) atoms. The first kappa shape index (κ1) is 58.0. The zero-order valence-electron chi connectivity index (χ0n) is 39.7. The van der Waals surface area contributed by atoms with E-state index in [0.717, 1.165) is 51.4 Å². The molecule has 3 atom stereocenters. The van der Waals surface area contributed by atoms with Crippen molar-refractivity contribution in [3.63, 3.8) is 0 Å². The lowest BCUT2D eigenvalue weighted by Crippen LogP contribution is -2.45. The van der Waals surface area contributed by atoms with E-state index in [2.05, 4.69) is 31.3 Å². The van der Waals surface area contributed by atoms with Crippen LogP contribution in [0.3, 0.4) is 0 Å². The minimum atomic E-state index is -4.59. The number of quaternary nitrogens is 1. The van der Waals surface area contributed by atoms with Gasteiger partial charge in [0, 0.05) is 6.42 Å². The van der Waals surface area contributed by atoms with Gasteiger partial charge in [0.05, 0.1) is 39.9 Å². The fraction of sp³-hybridized carbons (Fsp3) is 0.900. The van der Waals surface area contributed by atoms with E-state index in [4.69, 9.17) is 9.05 Å². The van der Waals surface area contributed by atoms with Crippen molar-refractivity contribution in [3.8, 4) is 0 Å². The van der Waals surface area contributed by atoms with Gasteiger partial charge in [-0.25, -0.2) is 0 Å². The Morgan fingerprint density at radius 3 is 1.32 bits per heavy atom. The minimum absolute atomic E-state index is 0.00127. The largest absolute Gasteiger partial charge is 0.756 e. The summed E-state index contributed by atoms with van der Waals surface area (Å²) in [5.41, 5.74) is 0. The summed E-state index contributed by atoms with van der Waals surface area (Å²) in [4.78, 5) is 25.4. The second-order valence-electron chi connectivity index (χ2n) is 18.5. The van der Waals surface area contributed by atoms with Crippen molar-refractivity contribution < 1.29 is 32.9 Å². The molecule has 3 unspecified atom stereocenters. The van der Waals surface area contributed by atoms with Crippen LogP contribution < -0.4 is 10.2 Å². The summed E-state index contributed by atoms with van der Waals surface area (Å²) in [5, 5.41) is 13.8. The number of phosphoric acid groups is 1. The Balaban J connectivity index is 4.30. The second-order valence-corrected chi connectivity index (χ2v) is 19.9. The lowest BCUT2D eigenvalue weighted by molar-refractivity contribution is -0.870. The molecular formula is C50H99N2O6P. The maximum Gasteiger partial charge on any atom is 0.268 e. The van der Waals surface area contributed by atoms with Crippen LogP contribution in [0.4, 0.5) is 0 Å². The van der Waals surface area contributed by atoms with E-state index in [1.165, 1.54) is 167 Å². The Morgan fingerprint density at radius 2 is 0.932 bits per heavy atom. The van der Waals surface area contributed by atoms with E-state index < -0.39 is 20.0 Å². The number of unbranched alkanes of at least 4 members (excludes halogenated alkanes) is 31. The molecule has 0 rings (SSSR count). The van der Waals surface area contributed by atoms with Gasteiger partial charge in [0.25, 0.3) is 7.82 Å². The highest BCUT2D eigenvalue weighted by Crippen LogP contribution is 2.38.